The first-order valence-corrected chi connectivity index (χ1v) is 10.7. The number of hydrogen-bond donors (Lipinski definition) is 2. The molecule has 2 N–H and O–H groups in total. The first-order valence-electron chi connectivity index (χ1n) is 10.7. The topological polar surface area (TPSA) is 106 Å². The number of carbonyl (C=O) groups excluding carboxylic acids is 2. The predicted octanol–water partition coefficient (Wildman–Crippen LogP) is 3.38. The summed E-state index contributed by atoms with van der Waals surface area (Å²) in [5.74, 6) is -0.608. The van der Waals surface area contributed by atoms with E-state index in [1.165, 1.54) is 13.2 Å². The lowest BCUT2D eigenvalue weighted by Gasteiger charge is -2.10. The minimum atomic E-state index is -4.37. The Hall–Kier alpha value is -4.22. The second-order valence-corrected chi connectivity index (χ2v) is 8.38. The molecular weight excluding hydrogens is 463 g/mol. The minimum absolute atomic E-state index is 0.0140. The Morgan fingerprint density at radius 3 is 2.77 bits per heavy atom. The number of nitrogens with one attached hydrogen (secondary N) is 2. The summed E-state index contributed by atoms with van der Waals surface area (Å²) in [5, 5.41) is 13.4. The van der Waals surface area contributed by atoms with Crippen LogP contribution in [0.1, 0.15) is 35.1 Å². The summed E-state index contributed by atoms with van der Waals surface area (Å²) in [5.41, 5.74) is 3.07. The molecule has 0 bridgehead atoms. The average Bonchev–Trinajstić information content (AvgIpc) is 3.30. The zero-order valence-electron chi connectivity index (χ0n) is 18.5. The number of imide groups is 1. The van der Waals surface area contributed by atoms with Crippen LogP contribution in [0, 0.1) is 0 Å². The molecule has 1 aliphatic rings. The largest absolute Gasteiger partial charge is 0.408 e. The molecule has 0 radical (unpaired) electrons. The van der Waals surface area contributed by atoms with Gasteiger partial charge in [0.15, 0.2) is 5.65 Å². The number of fused-ring (bicyclic) bond motifs is 2. The van der Waals surface area contributed by atoms with Crippen molar-refractivity contribution in [3.05, 3.63) is 66.3 Å². The van der Waals surface area contributed by atoms with E-state index in [0.29, 0.717) is 16.6 Å². The number of halogens is 3. The van der Waals surface area contributed by atoms with Crippen LogP contribution in [0.15, 0.2) is 49.4 Å². The molecule has 4 aromatic rings. The number of urea groups is 1. The second-order valence-electron chi connectivity index (χ2n) is 8.38. The van der Waals surface area contributed by atoms with E-state index in [1.807, 2.05) is 6.07 Å². The van der Waals surface area contributed by atoms with Crippen molar-refractivity contribution < 1.29 is 22.8 Å². The molecule has 0 spiro atoms. The van der Waals surface area contributed by atoms with Crippen LogP contribution < -0.4 is 10.6 Å². The summed E-state index contributed by atoms with van der Waals surface area (Å²) in [6.07, 6.45) is 1.03. The maximum absolute atomic E-state index is 12.9. The maximum atomic E-state index is 12.9. The smallest absolute Gasteiger partial charge is 0.341 e. The number of rotatable bonds is 5. The van der Waals surface area contributed by atoms with E-state index in [0.717, 1.165) is 22.2 Å². The van der Waals surface area contributed by atoms with Crippen LogP contribution in [0.5, 0.6) is 0 Å². The van der Waals surface area contributed by atoms with Gasteiger partial charge < -0.3 is 5.32 Å². The molecule has 1 aliphatic carbocycles. The van der Waals surface area contributed by atoms with Crippen molar-refractivity contribution in [2.24, 2.45) is 0 Å². The quantitative estimate of drug-likeness (QED) is 0.424. The molecule has 1 fully saturated rings. The summed E-state index contributed by atoms with van der Waals surface area (Å²) in [6, 6.07) is 6.48. The summed E-state index contributed by atoms with van der Waals surface area (Å²) < 4.78 is 41.3. The Morgan fingerprint density at radius 2 is 2.03 bits per heavy atom. The molecular formula is C23H20F3N7O2. The monoisotopic (exact) mass is 483 g/mol. The molecule has 0 saturated heterocycles. The van der Waals surface area contributed by atoms with Gasteiger partial charge in [-0.1, -0.05) is 18.7 Å². The molecule has 0 unspecified atom stereocenters. The molecule has 35 heavy (non-hydrogen) atoms. The molecule has 0 aliphatic heterocycles. The number of aromatic nitrogens is 5. The van der Waals surface area contributed by atoms with Crippen LogP contribution >= 0.6 is 0 Å². The number of benzene rings is 1. The Balaban J connectivity index is 1.45. The van der Waals surface area contributed by atoms with E-state index in [9.17, 15) is 22.8 Å². The fraction of sp³-hybridized carbons (Fsp3) is 0.261. The van der Waals surface area contributed by atoms with Crippen LogP contribution in [0.3, 0.4) is 0 Å². The fourth-order valence-corrected chi connectivity index (χ4v) is 4.24. The normalized spacial score (nSPS) is 17.5. The van der Waals surface area contributed by atoms with Gasteiger partial charge in [0.25, 0.3) is 5.91 Å². The summed E-state index contributed by atoms with van der Waals surface area (Å²) in [4.78, 5) is 28.3. The lowest BCUT2D eigenvalue weighted by Crippen LogP contribution is -2.37. The van der Waals surface area contributed by atoms with Crippen molar-refractivity contribution >= 4 is 34.1 Å². The highest BCUT2D eigenvalue weighted by Crippen LogP contribution is 2.55. The van der Waals surface area contributed by atoms with Crippen molar-refractivity contribution in [3.8, 4) is 0 Å². The molecule has 3 aromatic heterocycles. The first-order chi connectivity index (χ1) is 16.6. The minimum Gasteiger partial charge on any atom is -0.341 e. The van der Waals surface area contributed by atoms with Gasteiger partial charge in [0, 0.05) is 30.4 Å². The Morgan fingerprint density at radius 1 is 1.23 bits per heavy atom. The third-order valence-electron chi connectivity index (χ3n) is 6.04. The first kappa shape index (κ1) is 22.6. The number of amides is 3. The highest BCUT2D eigenvalue weighted by atomic mass is 19.4. The number of hydrogen-bond acceptors (Lipinski definition) is 5. The summed E-state index contributed by atoms with van der Waals surface area (Å²) >= 11 is 0. The summed E-state index contributed by atoms with van der Waals surface area (Å²) in [6.45, 7) is 2.62. The van der Waals surface area contributed by atoms with Crippen LogP contribution in [0.4, 0.5) is 18.0 Å². The van der Waals surface area contributed by atoms with E-state index >= 15 is 0 Å². The van der Waals surface area contributed by atoms with Gasteiger partial charge in [-0.05, 0) is 36.0 Å². The van der Waals surface area contributed by atoms with Crippen LogP contribution in [0.25, 0.3) is 22.1 Å². The number of alkyl halides is 3. The third kappa shape index (κ3) is 4.34. The van der Waals surface area contributed by atoms with Gasteiger partial charge in [-0.15, -0.1) is 0 Å². The Labute approximate surface area is 196 Å². The molecule has 180 valence electrons. The number of nitrogens with zero attached hydrogens (tertiary/aromatic N) is 5. The average molecular weight is 483 g/mol. The molecule has 1 aromatic carbocycles. The van der Waals surface area contributed by atoms with E-state index in [2.05, 4.69) is 32.4 Å². The highest BCUT2D eigenvalue weighted by Gasteiger charge is 2.42. The highest BCUT2D eigenvalue weighted by molar-refractivity contribution is 6.22. The van der Waals surface area contributed by atoms with Gasteiger partial charge in [0.2, 0.25) is 0 Å². The van der Waals surface area contributed by atoms with E-state index in [4.69, 9.17) is 0 Å². The Kier molecular flexibility index (Phi) is 5.30. The number of carbonyl (C=O) groups is 2. The van der Waals surface area contributed by atoms with Gasteiger partial charge in [-0.2, -0.15) is 23.4 Å². The molecule has 12 heteroatoms. The van der Waals surface area contributed by atoms with Crippen molar-refractivity contribution in [2.45, 2.75) is 31.0 Å². The van der Waals surface area contributed by atoms with Gasteiger partial charge in [-0.25, -0.2) is 14.3 Å². The molecule has 1 saturated carbocycles. The molecule has 5 rings (SSSR count). The van der Waals surface area contributed by atoms with Gasteiger partial charge in [0.05, 0.1) is 23.0 Å². The van der Waals surface area contributed by atoms with Crippen molar-refractivity contribution in [1.82, 2.24) is 35.0 Å². The zero-order chi connectivity index (χ0) is 24.9. The van der Waals surface area contributed by atoms with E-state index in [1.54, 1.807) is 35.1 Å². The molecule has 3 heterocycles. The van der Waals surface area contributed by atoms with Gasteiger partial charge in [-0.3, -0.25) is 14.8 Å². The predicted molar refractivity (Wildman–Crippen MR) is 121 cm³/mol. The van der Waals surface area contributed by atoms with Crippen LogP contribution in [-0.4, -0.2) is 49.5 Å². The zero-order valence-corrected chi connectivity index (χ0v) is 18.5. The lowest BCUT2D eigenvalue weighted by atomic mass is 10.0. The van der Waals surface area contributed by atoms with Crippen molar-refractivity contribution in [3.63, 3.8) is 0 Å². The molecule has 2 atom stereocenters. The van der Waals surface area contributed by atoms with Crippen LogP contribution in [-0.2, 0) is 11.3 Å². The lowest BCUT2D eigenvalue weighted by molar-refractivity contribution is -0.141. The fourth-order valence-electron chi connectivity index (χ4n) is 4.24. The van der Waals surface area contributed by atoms with Crippen molar-refractivity contribution in [2.75, 3.05) is 7.05 Å². The number of imidazole rings is 1. The van der Waals surface area contributed by atoms with E-state index < -0.39 is 24.7 Å². The molecule has 9 nitrogen and oxygen atoms in total. The Bertz CT molecular complexity index is 1490. The third-order valence-corrected chi connectivity index (χ3v) is 6.04. The van der Waals surface area contributed by atoms with Gasteiger partial charge in [0.1, 0.15) is 6.54 Å². The van der Waals surface area contributed by atoms with Crippen molar-refractivity contribution in [1.29, 1.82) is 0 Å². The SMILES string of the molecule is C=C(C(=O)NC(=O)NC)c1cc([C@H]2C[C@@H]2c2ccc3cnn(CC(F)(F)F)c3c2)c2nccn2n1. The van der Waals surface area contributed by atoms with E-state index in [-0.39, 0.29) is 23.1 Å². The second kappa shape index (κ2) is 8.22. The summed E-state index contributed by atoms with van der Waals surface area (Å²) in [7, 11) is 1.39. The standard InChI is InChI=1S/C23H20F3N7O2/c1-12(21(34)30-22(35)27-2)18-9-17(20-28-5-6-32(20)31-18)16-8-15(16)13-3-4-14-10-29-33(19(14)7-13)11-23(24,25)26/h3-7,9-10,15-16H,1,8,11H2,2H3,(H2,27,30,34,35)/t15-,16+/m1/s1. The maximum Gasteiger partial charge on any atom is 0.408 e. The molecule has 3 amide bonds. The van der Waals surface area contributed by atoms with Crippen LogP contribution in [0.2, 0.25) is 0 Å². The van der Waals surface area contributed by atoms with Gasteiger partial charge >= 0.3 is 12.2 Å².